The van der Waals surface area contributed by atoms with Gasteiger partial charge in [0.1, 0.15) is 5.82 Å². The zero-order valence-corrected chi connectivity index (χ0v) is 16.2. The number of aliphatic hydroxyl groups excluding tert-OH is 1. The van der Waals surface area contributed by atoms with Crippen molar-refractivity contribution in [2.45, 2.75) is 19.6 Å². The largest absolute Gasteiger partial charge is 0.387 e. The minimum Gasteiger partial charge on any atom is -0.387 e. The Morgan fingerprint density at radius 3 is 2.56 bits per heavy atom. The van der Waals surface area contributed by atoms with Gasteiger partial charge in [0.05, 0.1) is 24.3 Å². The highest BCUT2D eigenvalue weighted by molar-refractivity contribution is 6.34. The molecule has 0 bridgehead atoms. The first-order valence-corrected chi connectivity index (χ1v) is 9.03. The Labute approximate surface area is 167 Å². The number of guanidine groups is 1. The van der Waals surface area contributed by atoms with Gasteiger partial charge in [0.15, 0.2) is 5.96 Å². The lowest BCUT2D eigenvalue weighted by atomic mass is 10.1. The van der Waals surface area contributed by atoms with E-state index in [-0.39, 0.29) is 13.1 Å². The zero-order valence-electron chi connectivity index (χ0n) is 14.6. The summed E-state index contributed by atoms with van der Waals surface area (Å²) in [5, 5.41) is 26.1. The number of aliphatic imine (C=N–C) groups is 1. The highest BCUT2D eigenvalue weighted by Crippen LogP contribution is 2.23. The number of rotatable bonds is 6. The number of nitrogens with one attached hydrogen (secondary N) is 2. The van der Waals surface area contributed by atoms with Crippen LogP contribution in [-0.4, -0.2) is 24.2 Å². The third-order valence-corrected chi connectivity index (χ3v) is 4.10. The van der Waals surface area contributed by atoms with Crippen LogP contribution in [0.1, 0.15) is 29.7 Å². The Kier molecular flexibility index (Phi) is 7.86. The summed E-state index contributed by atoms with van der Waals surface area (Å²) >= 11 is 11.9. The third-order valence-electron chi connectivity index (χ3n) is 3.66. The van der Waals surface area contributed by atoms with Crippen LogP contribution in [0.15, 0.2) is 41.4 Å². The summed E-state index contributed by atoms with van der Waals surface area (Å²) in [6.45, 7) is 2.69. The van der Waals surface area contributed by atoms with Crippen molar-refractivity contribution in [3.8, 4) is 6.07 Å². The molecule has 2 rings (SSSR count). The minimum absolute atomic E-state index is 0.0514. The monoisotopic (exact) mass is 408 g/mol. The first-order chi connectivity index (χ1) is 12.9. The van der Waals surface area contributed by atoms with Crippen molar-refractivity contribution >= 4 is 29.2 Å². The Morgan fingerprint density at radius 2 is 1.93 bits per heavy atom. The van der Waals surface area contributed by atoms with E-state index in [0.29, 0.717) is 39.2 Å². The molecule has 0 amide bonds. The van der Waals surface area contributed by atoms with Crippen LogP contribution in [0.5, 0.6) is 0 Å². The molecule has 0 aliphatic heterocycles. The summed E-state index contributed by atoms with van der Waals surface area (Å²) in [6.07, 6.45) is -0.858. The lowest BCUT2D eigenvalue weighted by Crippen LogP contribution is -2.39. The number of nitriles is 1. The Bertz CT molecular complexity index is 847. The Morgan fingerprint density at radius 1 is 1.22 bits per heavy atom. The molecule has 0 aliphatic rings. The van der Waals surface area contributed by atoms with Gasteiger partial charge in [0, 0.05) is 28.7 Å². The molecule has 142 valence electrons. The van der Waals surface area contributed by atoms with Crippen LogP contribution >= 0.6 is 23.2 Å². The van der Waals surface area contributed by atoms with Crippen LogP contribution in [0.3, 0.4) is 0 Å². The number of nitrogens with zero attached hydrogens (tertiary/aromatic N) is 2. The summed E-state index contributed by atoms with van der Waals surface area (Å²) < 4.78 is 13.9. The number of hydrogen-bond donors (Lipinski definition) is 3. The van der Waals surface area contributed by atoms with E-state index in [1.54, 1.807) is 18.2 Å². The van der Waals surface area contributed by atoms with Gasteiger partial charge in [-0.15, -0.1) is 0 Å². The molecule has 8 heteroatoms. The molecule has 0 saturated heterocycles. The minimum atomic E-state index is -0.858. The summed E-state index contributed by atoms with van der Waals surface area (Å²) in [5.74, 6) is -0.0198. The molecular formula is C19H19Cl2FN4O. The summed E-state index contributed by atoms with van der Waals surface area (Å²) in [6, 6.07) is 10.9. The molecule has 0 radical (unpaired) electrons. The van der Waals surface area contributed by atoms with E-state index >= 15 is 0 Å². The number of hydrogen-bond acceptors (Lipinski definition) is 3. The van der Waals surface area contributed by atoms with E-state index in [2.05, 4.69) is 15.6 Å². The molecule has 0 aromatic heterocycles. The van der Waals surface area contributed by atoms with Crippen molar-refractivity contribution in [3.05, 3.63) is 69.0 Å². The average Bonchev–Trinajstić information content (AvgIpc) is 2.64. The van der Waals surface area contributed by atoms with Crippen molar-refractivity contribution in [3.63, 3.8) is 0 Å². The molecule has 0 saturated carbocycles. The highest BCUT2D eigenvalue weighted by Gasteiger charge is 2.11. The van der Waals surface area contributed by atoms with Gasteiger partial charge in [-0.3, -0.25) is 0 Å². The molecule has 3 N–H and O–H groups in total. The normalized spacial score (nSPS) is 12.4. The SMILES string of the molecule is CCNC(=NCc1cc(C#N)ccc1F)NCC(O)c1cc(Cl)cc(Cl)c1. The number of aliphatic hydroxyl groups is 1. The van der Waals surface area contributed by atoms with Crippen LogP contribution < -0.4 is 10.6 Å². The van der Waals surface area contributed by atoms with Crippen LogP contribution in [0, 0.1) is 17.1 Å². The van der Waals surface area contributed by atoms with Crippen molar-refractivity contribution in [2.75, 3.05) is 13.1 Å². The lowest BCUT2D eigenvalue weighted by molar-refractivity contribution is 0.181. The van der Waals surface area contributed by atoms with Gasteiger partial charge in [-0.05, 0) is 48.9 Å². The van der Waals surface area contributed by atoms with Crippen molar-refractivity contribution in [2.24, 2.45) is 4.99 Å². The molecule has 1 unspecified atom stereocenters. The van der Waals surface area contributed by atoms with Gasteiger partial charge in [-0.2, -0.15) is 5.26 Å². The molecule has 2 aromatic rings. The van der Waals surface area contributed by atoms with Crippen LogP contribution in [0.25, 0.3) is 0 Å². The summed E-state index contributed by atoms with van der Waals surface area (Å²) in [4.78, 5) is 4.30. The zero-order chi connectivity index (χ0) is 19.8. The van der Waals surface area contributed by atoms with E-state index in [1.807, 2.05) is 13.0 Å². The summed E-state index contributed by atoms with van der Waals surface area (Å²) in [7, 11) is 0. The fourth-order valence-electron chi connectivity index (χ4n) is 2.35. The maximum Gasteiger partial charge on any atom is 0.191 e. The van der Waals surface area contributed by atoms with Crippen molar-refractivity contribution < 1.29 is 9.50 Å². The van der Waals surface area contributed by atoms with Gasteiger partial charge < -0.3 is 15.7 Å². The highest BCUT2D eigenvalue weighted by atomic mass is 35.5. The van der Waals surface area contributed by atoms with Crippen molar-refractivity contribution in [1.29, 1.82) is 5.26 Å². The van der Waals surface area contributed by atoms with E-state index in [1.165, 1.54) is 18.2 Å². The first kappa shape index (κ1) is 21.0. The standard InChI is InChI=1S/C19H19Cl2FN4O/c1-2-24-19(25-10-14-5-12(9-23)3-4-17(14)22)26-11-18(27)13-6-15(20)8-16(21)7-13/h3-8,18,27H,2,10-11H2,1H3,(H2,24,25,26). The smallest absolute Gasteiger partial charge is 0.191 e. The van der Waals surface area contributed by atoms with E-state index < -0.39 is 11.9 Å². The predicted octanol–water partition coefficient (Wildman–Crippen LogP) is 3.79. The van der Waals surface area contributed by atoms with Crippen LogP contribution in [0.4, 0.5) is 4.39 Å². The van der Waals surface area contributed by atoms with Crippen LogP contribution in [-0.2, 0) is 6.54 Å². The van der Waals surface area contributed by atoms with Gasteiger partial charge >= 0.3 is 0 Å². The van der Waals surface area contributed by atoms with Gasteiger partial charge in [0.25, 0.3) is 0 Å². The fourth-order valence-corrected chi connectivity index (χ4v) is 2.89. The molecule has 0 fully saturated rings. The second kappa shape index (κ2) is 10.1. The van der Waals surface area contributed by atoms with Gasteiger partial charge in [-0.1, -0.05) is 23.2 Å². The fraction of sp³-hybridized carbons (Fsp3) is 0.263. The molecular weight excluding hydrogens is 390 g/mol. The van der Waals surface area contributed by atoms with Gasteiger partial charge in [0.2, 0.25) is 0 Å². The van der Waals surface area contributed by atoms with E-state index in [4.69, 9.17) is 28.5 Å². The Hall–Kier alpha value is -2.33. The third kappa shape index (κ3) is 6.40. The average molecular weight is 409 g/mol. The molecule has 27 heavy (non-hydrogen) atoms. The second-order valence-electron chi connectivity index (χ2n) is 5.71. The topological polar surface area (TPSA) is 80.4 Å². The molecule has 1 atom stereocenters. The number of halogens is 3. The van der Waals surface area contributed by atoms with E-state index in [9.17, 15) is 9.50 Å². The van der Waals surface area contributed by atoms with Crippen molar-refractivity contribution in [1.82, 2.24) is 10.6 Å². The maximum atomic E-state index is 13.9. The molecule has 2 aromatic carbocycles. The van der Waals surface area contributed by atoms with Crippen LogP contribution in [0.2, 0.25) is 10.0 Å². The van der Waals surface area contributed by atoms with E-state index in [0.717, 1.165) is 0 Å². The Balaban J connectivity index is 2.06. The molecule has 5 nitrogen and oxygen atoms in total. The number of benzene rings is 2. The lowest BCUT2D eigenvalue weighted by Gasteiger charge is -2.16. The van der Waals surface area contributed by atoms with Gasteiger partial charge in [-0.25, -0.2) is 9.38 Å². The first-order valence-electron chi connectivity index (χ1n) is 8.27. The second-order valence-corrected chi connectivity index (χ2v) is 6.59. The predicted molar refractivity (Wildman–Crippen MR) is 105 cm³/mol. The molecule has 0 heterocycles. The molecule has 0 spiro atoms. The molecule has 0 aliphatic carbocycles. The summed E-state index contributed by atoms with van der Waals surface area (Å²) in [5.41, 5.74) is 1.25. The quantitative estimate of drug-likeness (QED) is 0.501. The maximum absolute atomic E-state index is 13.9.